The van der Waals surface area contributed by atoms with Crippen molar-refractivity contribution in [2.75, 3.05) is 13.2 Å². The quantitative estimate of drug-likeness (QED) is 0.874. The summed E-state index contributed by atoms with van der Waals surface area (Å²) in [5, 5.41) is 0. The maximum atomic E-state index is 5.86. The van der Waals surface area contributed by atoms with E-state index in [0.29, 0.717) is 6.04 Å². The zero-order valence-corrected chi connectivity index (χ0v) is 12.7. The third-order valence-electron chi connectivity index (χ3n) is 3.58. The molecule has 2 aromatic rings. The number of fused-ring (bicyclic) bond motifs is 1. The van der Waals surface area contributed by atoms with E-state index in [9.17, 15) is 0 Å². The third kappa shape index (κ3) is 2.47. The summed E-state index contributed by atoms with van der Waals surface area (Å²) >= 11 is 5.50. The summed E-state index contributed by atoms with van der Waals surface area (Å²) < 4.78 is 14.4. The molecular formula is C15H20N2O2S. The van der Waals surface area contributed by atoms with E-state index in [1.807, 2.05) is 26.0 Å². The lowest BCUT2D eigenvalue weighted by molar-refractivity contribution is 0.0600. The molecule has 108 valence electrons. The Morgan fingerprint density at radius 3 is 3.00 bits per heavy atom. The summed E-state index contributed by atoms with van der Waals surface area (Å²) in [6, 6.07) is 6.40. The van der Waals surface area contributed by atoms with E-state index < -0.39 is 0 Å². The van der Waals surface area contributed by atoms with Gasteiger partial charge in [-0.2, -0.15) is 0 Å². The molecule has 1 fully saturated rings. The Labute approximate surface area is 123 Å². The number of H-pyrrole nitrogens is 1. The second-order valence-electron chi connectivity index (χ2n) is 5.49. The Balaban J connectivity index is 2.09. The predicted molar refractivity (Wildman–Crippen MR) is 82.0 cm³/mol. The maximum absolute atomic E-state index is 5.86. The van der Waals surface area contributed by atoms with Crippen LogP contribution in [0.1, 0.15) is 32.7 Å². The van der Waals surface area contributed by atoms with Crippen LogP contribution >= 0.6 is 12.2 Å². The topological polar surface area (TPSA) is 39.2 Å². The Hall–Kier alpha value is -1.33. The van der Waals surface area contributed by atoms with E-state index in [1.54, 1.807) is 0 Å². The fourth-order valence-electron chi connectivity index (χ4n) is 2.76. The van der Waals surface area contributed by atoms with Crippen LogP contribution in [-0.2, 0) is 4.74 Å². The molecule has 1 aliphatic heterocycles. The minimum atomic E-state index is 0.143. The van der Waals surface area contributed by atoms with Crippen molar-refractivity contribution in [3.05, 3.63) is 23.0 Å². The summed E-state index contributed by atoms with van der Waals surface area (Å²) in [6.45, 7) is 5.64. The number of aromatic nitrogens is 2. The molecule has 5 heteroatoms. The lowest BCUT2D eigenvalue weighted by atomic mass is 10.1. The fraction of sp³-hybridized carbons (Fsp3) is 0.533. The molecular weight excluding hydrogens is 272 g/mol. The molecule has 1 saturated heterocycles. The molecule has 4 nitrogen and oxygen atoms in total. The summed E-state index contributed by atoms with van der Waals surface area (Å²) in [7, 11) is 0. The molecule has 1 atom stereocenters. The van der Waals surface area contributed by atoms with Gasteiger partial charge in [-0.05, 0) is 51.0 Å². The Morgan fingerprint density at radius 2 is 2.30 bits per heavy atom. The average Bonchev–Trinajstić information content (AvgIpc) is 2.76. The van der Waals surface area contributed by atoms with Crippen LogP contribution < -0.4 is 4.74 Å². The van der Waals surface area contributed by atoms with Crippen molar-refractivity contribution in [1.82, 2.24) is 9.55 Å². The smallest absolute Gasteiger partial charge is 0.178 e. The monoisotopic (exact) mass is 292 g/mol. The molecule has 0 amide bonds. The van der Waals surface area contributed by atoms with Crippen LogP contribution in [0.2, 0.25) is 0 Å². The van der Waals surface area contributed by atoms with Crippen LogP contribution in [-0.4, -0.2) is 28.9 Å². The average molecular weight is 292 g/mol. The second kappa shape index (κ2) is 5.58. The number of nitrogens with one attached hydrogen (secondary N) is 1. The van der Waals surface area contributed by atoms with Gasteiger partial charge in [-0.3, -0.25) is 0 Å². The van der Waals surface area contributed by atoms with Crippen molar-refractivity contribution < 1.29 is 9.47 Å². The molecule has 1 N–H and O–H groups in total. The summed E-state index contributed by atoms with van der Waals surface area (Å²) in [6.07, 6.45) is 2.33. The molecule has 0 aliphatic carbocycles. The van der Waals surface area contributed by atoms with Crippen molar-refractivity contribution >= 4 is 23.3 Å². The number of ether oxygens (including phenoxy) is 2. The number of hydrogen-bond acceptors (Lipinski definition) is 3. The second-order valence-corrected chi connectivity index (χ2v) is 5.87. The normalized spacial score (nSPS) is 19.6. The van der Waals surface area contributed by atoms with Gasteiger partial charge in [0, 0.05) is 6.61 Å². The molecule has 1 aromatic carbocycles. The highest BCUT2D eigenvalue weighted by atomic mass is 32.1. The Morgan fingerprint density at radius 1 is 1.45 bits per heavy atom. The van der Waals surface area contributed by atoms with Crippen molar-refractivity contribution in [1.29, 1.82) is 0 Å². The Bertz CT molecular complexity index is 653. The van der Waals surface area contributed by atoms with E-state index >= 15 is 0 Å². The number of para-hydroxylation sites is 1. The van der Waals surface area contributed by atoms with Gasteiger partial charge in [-0.25, -0.2) is 0 Å². The molecule has 0 radical (unpaired) electrons. The number of imidazole rings is 1. The lowest BCUT2D eigenvalue weighted by Gasteiger charge is -2.24. The summed E-state index contributed by atoms with van der Waals surface area (Å²) in [5.74, 6) is 0.860. The minimum Gasteiger partial charge on any atom is -0.489 e. The molecule has 3 rings (SSSR count). The molecule has 0 saturated carbocycles. The molecule has 2 heterocycles. The summed E-state index contributed by atoms with van der Waals surface area (Å²) in [5.41, 5.74) is 2.08. The predicted octanol–water partition coefficient (Wildman–Crippen LogP) is 3.84. The minimum absolute atomic E-state index is 0.143. The van der Waals surface area contributed by atoms with E-state index in [-0.39, 0.29) is 6.10 Å². The fourth-order valence-corrected chi connectivity index (χ4v) is 3.11. The molecule has 1 aromatic heterocycles. The molecule has 0 bridgehead atoms. The van der Waals surface area contributed by atoms with Crippen LogP contribution in [0.4, 0.5) is 0 Å². The highest BCUT2D eigenvalue weighted by molar-refractivity contribution is 7.71. The van der Waals surface area contributed by atoms with Crippen molar-refractivity contribution in [3.63, 3.8) is 0 Å². The van der Waals surface area contributed by atoms with Crippen molar-refractivity contribution in [2.24, 2.45) is 0 Å². The first-order valence-electron chi connectivity index (χ1n) is 7.14. The number of aromatic amines is 1. The van der Waals surface area contributed by atoms with Crippen LogP contribution in [0.3, 0.4) is 0 Å². The molecule has 20 heavy (non-hydrogen) atoms. The maximum Gasteiger partial charge on any atom is 0.178 e. The number of rotatable bonds is 3. The van der Waals surface area contributed by atoms with Gasteiger partial charge in [0.15, 0.2) is 4.77 Å². The van der Waals surface area contributed by atoms with Gasteiger partial charge in [0.1, 0.15) is 11.3 Å². The highest BCUT2D eigenvalue weighted by Crippen LogP contribution is 2.30. The van der Waals surface area contributed by atoms with E-state index in [1.165, 1.54) is 0 Å². The van der Waals surface area contributed by atoms with Crippen LogP contribution in [0, 0.1) is 4.77 Å². The number of benzene rings is 1. The highest BCUT2D eigenvalue weighted by Gasteiger charge is 2.20. The largest absolute Gasteiger partial charge is 0.489 e. The first kappa shape index (κ1) is 13.6. The van der Waals surface area contributed by atoms with Gasteiger partial charge in [0.25, 0.3) is 0 Å². The van der Waals surface area contributed by atoms with Gasteiger partial charge < -0.3 is 19.0 Å². The zero-order valence-electron chi connectivity index (χ0n) is 11.9. The van der Waals surface area contributed by atoms with Gasteiger partial charge in [-0.1, -0.05) is 6.07 Å². The Kier molecular flexibility index (Phi) is 3.81. The van der Waals surface area contributed by atoms with Crippen LogP contribution in [0.15, 0.2) is 18.2 Å². The van der Waals surface area contributed by atoms with Crippen molar-refractivity contribution in [2.45, 2.75) is 38.8 Å². The molecule has 1 unspecified atom stereocenters. The molecule has 1 aliphatic rings. The zero-order chi connectivity index (χ0) is 14.1. The van der Waals surface area contributed by atoms with E-state index in [2.05, 4.69) is 15.6 Å². The standard InChI is InChI=1S/C15H20N2O2S/c1-10(2)19-13-7-3-6-12-14(13)16-15(20)17(12)11-5-4-8-18-9-11/h3,6-7,10-11H,4-5,8-9H2,1-2H3,(H,16,20). The van der Waals surface area contributed by atoms with Gasteiger partial charge in [0.2, 0.25) is 0 Å². The number of hydrogen-bond donors (Lipinski definition) is 1. The number of nitrogens with zero attached hydrogens (tertiary/aromatic N) is 1. The lowest BCUT2D eigenvalue weighted by Crippen LogP contribution is -2.21. The van der Waals surface area contributed by atoms with Gasteiger partial charge >= 0.3 is 0 Å². The van der Waals surface area contributed by atoms with Crippen LogP contribution in [0.5, 0.6) is 5.75 Å². The first-order chi connectivity index (χ1) is 9.66. The molecule has 0 spiro atoms. The van der Waals surface area contributed by atoms with Gasteiger partial charge in [-0.15, -0.1) is 0 Å². The van der Waals surface area contributed by atoms with Crippen LogP contribution in [0.25, 0.3) is 11.0 Å². The van der Waals surface area contributed by atoms with Gasteiger partial charge in [0.05, 0.1) is 24.3 Å². The van der Waals surface area contributed by atoms with E-state index in [0.717, 1.165) is 47.6 Å². The third-order valence-corrected chi connectivity index (χ3v) is 3.88. The SMILES string of the molecule is CC(C)Oc1cccc2c1[nH]c(=S)n2C1CCCOC1. The van der Waals surface area contributed by atoms with E-state index in [4.69, 9.17) is 21.7 Å². The first-order valence-corrected chi connectivity index (χ1v) is 7.55. The van der Waals surface area contributed by atoms with Crippen molar-refractivity contribution in [3.8, 4) is 5.75 Å². The summed E-state index contributed by atoms with van der Waals surface area (Å²) in [4.78, 5) is 3.30.